The van der Waals surface area contributed by atoms with Crippen molar-refractivity contribution in [2.24, 2.45) is 0 Å². The van der Waals surface area contributed by atoms with Crippen LogP contribution in [0, 0.1) is 6.92 Å². The van der Waals surface area contributed by atoms with Crippen molar-refractivity contribution < 1.29 is 14.3 Å². The number of aryl methyl sites for hydroxylation is 1. The smallest absolute Gasteiger partial charge is 0.295 e. The highest BCUT2D eigenvalue weighted by molar-refractivity contribution is 7.17. The molecule has 0 aliphatic heterocycles. The Balaban J connectivity index is 1.93. The van der Waals surface area contributed by atoms with E-state index in [0.717, 1.165) is 28.2 Å². The summed E-state index contributed by atoms with van der Waals surface area (Å²) in [6.45, 7) is 1.86. The Kier molecular flexibility index (Phi) is 4.85. The van der Waals surface area contributed by atoms with Gasteiger partial charge in [-0.25, -0.2) is 4.98 Å². The van der Waals surface area contributed by atoms with Crippen LogP contribution in [0.25, 0.3) is 11.1 Å². The molecule has 0 atom stereocenters. The Morgan fingerprint density at radius 1 is 1.12 bits per heavy atom. The van der Waals surface area contributed by atoms with Crippen LogP contribution in [-0.2, 0) is 0 Å². The van der Waals surface area contributed by atoms with Gasteiger partial charge in [0.1, 0.15) is 0 Å². The van der Waals surface area contributed by atoms with Crippen molar-refractivity contribution in [3.63, 3.8) is 0 Å². The lowest BCUT2D eigenvalue weighted by molar-refractivity contribution is 0.102. The molecule has 3 rings (SSSR count). The summed E-state index contributed by atoms with van der Waals surface area (Å²) < 4.78 is 10.0. The van der Waals surface area contributed by atoms with E-state index in [1.54, 1.807) is 19.4 Å². The van der Waals surface area contributed by atoms with E-state index >= 15 is 0 Å². The summed E-state index contributed by atoms with van der Waals surface area (Å²) in [5.74, 6) is 0.165. The van der Waals surface area contributed by atoms with Crippen molar-refractivity contribution >= 4 is 22.4 Å². The van der Waals surface area contributed by atoms with E-state index in [-0.39, 0.29) is 5.91 Å². The van der Waals surface area contributed by atoms with Crippen molar-refractivity contribution in [2.45, 2.75) is 6.92 Å². The van der Waals surface area contributed by atoms with Gasteiger partial charge < -0.3 is 9.47 Å². The van der Waals surface area contributed by atoms with Crippen molar-refractivity contribution in [1.82, 2.24) is 20.2 Å². The normalized spacial score (nSPS) is 10.4. The van der Waals surface area contributed by atoms with E-state index < -0.39 is 0 Å². The third-order valence-corrected chi connectivity index (χ3v) is 4.14. The lowest BCUT2D eigenvalue weighted by atomic mass is 10.0. The number of hydrogen-bond donors (Lipinski definition) is 1. The van der Waals surface area contributed by atoms with Crippen molar-refractivity contribution in [1.29, 1.82) is 0 Å². The zero-order chi connectivity index (χ0) is 17.8. The minimum atomic E-state index is -0.336. The Morgan fingerprint density at radius 2 is 1.96 bits per heavy atom. The number of rotatable bonds is 5. The molecule has 1 N–H and O–H groups in total. The molecule has 25 heavy (non-hydrogen) atoms. The van der Waals surface area contributed by atoms with E-state index in [1.807, 2.05) is 19.1 Å². The zero-order valence-corrected chi connectivity index (χ0v) is 14.6. The van der Waals surface area contributed by atoms with E-state index in [0.29, 0.717) is 21.8 Å². The first-order valence-corrected chi connectivity index (χ1v) is 8.08. The van der Waals surface area contributed by atoms with Crippen LogP contribution in [0.2, 0.25) is 0 Å². The molecule has 0 saturated heterocycles. The van der Waals surface area contributed by atoms with E-state index in [9.17, 15) is 4.79 Å². The zero-order valence-electron chi connectivity index (χ0n) is 13.8. The number of amides is 1. The van der Waals surface area contributed by atoms with Crippen LogP contribution < -0.4 is 14.8 Å². The number of carbonyl (C=O) groups excluding carboxylic acids is 1. The third-order valence-electron chi connectivity index (χ3n) is 3.34. The number of ether oxygens (including phenoxy) is 2. The number of anilines is 1. The van der Waals surface area contributed by atoms with Gasteiger partial charge in [-0.1, -0.05) is 5.10 Å². The van der Waals surface area contributed by atoms with Crippen LogP contribution >= 0.6 is 11.3 Å². The van der Waals surface area contributed by atoms with Crippen molar-refractivity contribution in [3.8, 4) is 22.2 Å². The largest absolute Gasteiger partial charge is 0.481 e. The number of carbonyl (C=O) groups is 1. The van der Waals surface area contributed by atoms with Gasteiger partial charge >= 0.3 is 0 Å². The van der Waals surface area contributed by atoms with Gasteiger partial charge in [0.25, 0.3) is 11.1 Å². The lowest BCUT2D eigenvalue weighted by Crippen LogP contribution is -2.14. The van der Waals surface area contributed by atoms with Crippen LogP contribution in [0.15, 0.2) is 30.6 Å². The molecule has 8 nitrogen and oxygen atoms in total. The summed E-state index contributed by atoms with van der Waals surface area (Å²) in [5.41, 5.74) is 2.70. The summed E-state index contributed by atoms with van der Waals surface area (Å²) >= 11 is 1.14. The molecule has 3 aromatic rings. The Labute approximate surface area is 147 Å². The molecule has 0 spiro atoms. The minimum absolute atomic E-state index is 0.336. The summed E-state index contributed by atoms with van der Waals surface area (Å²) in [4.78, 5) is 21.1. The highest BCUT2D eigenvalue weighted by Crippen LogP contribution is 2.27. The summed E-state index contributed by atoms with van der Waals surface area (Å²) in [5, 5.41) is 11.1. The lowest BCUT2D eigenvalue weighted by Gasteiger charge is -2.10. The Hall–Kier alpha value is -3.07. The maximum atomic E-state index is 12.6. The van der Waals surface area contributed by atoms with Gasteiger partial charge in [0.15, 0.2) is 0 Å². The molecule has 0 aliphatic rings. The maximum Gasteiger partial charge on any atom is 0.295 e. The van der Waals surface area contributed by atoms with Gasteiger partial charge in [0.2, 0.25) is 11.0 Å². The first-order chi connectivity index (χ1) is 12.1. The second kappa shape index (κ2) is 7.22. The second-order valence-electron chi connectivity index (χ2n) is 4.99. The standard InChI is InChI=1S/C16H15N5O3S/c1-9-6-11(10-4-5-13(23-2)18-7-10)12(8-17-9)14(22)19-15-20-21-16(24-3)25-15/h4-8H,1-3H3,(H,19,20,22). The fourth-order valence-corrected chi connectivity index (χ4v) is 2.70. The maximum absolute atomic E-state index is 12.6. The van der Waals surface area contributed by atoms with Gasteiger partial charge in [-0.15, -0.1) is 5.10 Å². The molecule has 0 fully saturated rings. The molecule has 0 bridgehead atoms. The van der Waals surface area contributed by atoms with Crippen molar-refractivity contribution in [3.05, 3.63) is 41.9 Å². The van der Waals surface area contributed by atoms with Gasteiger partial charge in [-0.2, -0.15) is 0 Å². The molecule has 1 amide bonds. The van der Waals surface area contributed by atoms with Crippen LogP contribution in [0.5, 0.6) is 11.1 Å². The molecule has 3 heterocycles. The second-order valence-corrected chi connectivity index (χ2v) is 5.93. The monoisotopic (exact) mass is 357 g/mol. The summed E-state index contributed by atoms with van der Waals surface area (Å²) in [7, 11) is 3.04. The molecular formula is C16H15N5O3S. The Bertz CT molecular complexity index is 895. The van der Waals surface area contributed by atoms with Gasteiger partial charge in [0.05, 0.1) is 19.8 Å². The molecule has 9 heteroatoms. The van der Waals surface area contributed by atoms with Crippen LogP contribution in [0.1, 0.15) is 16.1 Å². The quantitative estimate of drug-likeness (QED) is 0.749. The first kappa shape index (κ1) is 16.8. The number of methoxy groups -OCH3 is 2. The predicted molar refractivity (Wildman–Crippen MR) is 93.2 cm³/mol. The van der Waals surface area contributed by atoms with Gasteiger partial charge in [-0.05, 0) is 36.0 Å². The third kappa shape index (κ3) is 3.72. The van der Waals surface area contributed by atoms with E-state index in [2.05, 4.69) is 25.5 Å². The predicted octanol–water partition coefficient (Wildman–Crippen LogP) is 2.57. The fourth-order valence-electron chi connectivity index (χ4n) is 2.15. The number of hydrogen-bond acceptors (Lipinski definition) is 8. The molecule has 0 aliphatic carbocycles. The summed E-state index contributed by atoms with van der Waals surface area (Å²) in [6.07, 6.45) is 3.18. The number of pyridine rings is 2. The number of nitrogens with zero attached hydrogens (tertiary/aromatic N) is 4. The van der Waals surface area contributed by atoms with Crippen LogP contribution in [0.4, 0.5) is 5.13 Å². The minimum Gasteiger partial charge on any atom is -0.481 e. The number of aromatic nitrogens is 4. The topological polar surface area (TPSA) is 99.1 Å². The molecule has 3 aromatic heterocycles. The van der Waals surface area contributed by atoms with Crippen LogP contribution in [0.3, 0.4) is 0 Å². The van der Waals surface area contributed by atoms with E-state index in [1.165, 1.54) is 13.3 Å². The molecule has 0 unspecified atom stereocenters. The highest BCUT2D eigenvalue weighted by Gasteiger charge is 2.16. The molecular weight excluding hydrogens is 342 g/mol. The molecule has 0 saturated carbocycles. The fraction of sp³-hybridized carbons (Fsp3) is 0.188. The van der Waals surface area contributed by atoms with Gasteiger partial charge in [0, 0.05) is 29.7 Å². The molecule has 0 radical (unpaired) electrons. The average Bonchev–Trinajstić information content (AvgIpc) is 3.09. The van der Waals surface area contributed by atoms with Gasteiger partial charge in [-0.3, -0.25) is 15.1 Å². The van der Waals surface area contributed by atoms with Crippen molar-refractivity contribution in [2.75, 3.05) is 19.5 Å². The molecule has 128 valence electrons. The SMILES string of the molecule is COc1ccc(-c2cc(C)ncc2C(=O)Nc2nnc(OC)s2)cn1. The molecule has 0 aromatic carbocycles. The average molecular weight is 357 g/mol. The van der Waals surface area contributed by atoms with E-state index in [4.69, 9.17) is 9.47 Å². The first-order valence-electron chi connectivity index (χ1n) is 7.26. The Morgan fingerprint density at radius 3 is 2.60 bits per heavy atom. The van der Waals surface area contributed by atoms with Crippen LogP contribution in [-0.4, -0.2) is 40.3 Å². The highest BCUT2D eigenvalue weighted by atomic mass is 32.1. The number of nitrogens with one attached hydrogen (secondary N) is 1. The summed E-state index contributed by atoms with van der Waals surface area (Å²) in [6, 6.07) is 5.41.